The monoisotopic (exact) mass is 348 g/mol. The Hall–Kier alpha value is -1.69. The van der Waals surface area contributed by atoms with Gasteiger partial charge in [-0.05, 0) is 60.3 Å². The van der Waals surface area contributed by atoms with Gasteiger partial charge in [0.25, 0.3) is 5.91 Å². The molecule has 1 aliphatic rings. The highest BCUT2D eigenvalue weighted by atomic mass is 79.9. The molecule has 1 saturated carbocycles. The number of carbonyl (C=O) groups is 1. The van der Waals surface area contributed by atoms with Crippen molar-refractivity contribution in [3.8, 4) is 0 Å². The van der Waals surface area contributed by atoms with Crippen molar-refractivity contribution in [2.75, 3.05) is 5.32 Å². The SMILES string of the molecule is CCn1nc(C2CC2)cc1C(=O)Nc1ncc(Br)cc1C. The normalized spacial score (nSPS) is 14.2. The van der Waals surface area contributed by atoms with Crippen LogP contribution >= 0.6 is 15.9 Å². The average Bonchev–Trinajstić information content (AvgIpc) is 3.21. The van der Waals surface area contributed by atoms with E-state index in [1.54, 1.807) is 10.9 Å². The molecule has 3 rings (SSSR count). The summed E-state index contributed by atoms with van der Waals surface area (Å²) in [5, 5.41) is 7.39. The number of hydrogen-bond acceptors (Lipinski definition) is 3. The van der Waals surface area contributed by atoms with Crippen molar-refractivity contribution in [1.29, 1.82) is 0 Å². The van der Waals surface area contributed by atoms with Crippen molar-refractivity contribution >= 4 is 27.7 Å². The third-order valence-electron chi connectivity index (χ3n) is 3.60. The van der Waals surface area contributed by atoms with Crippen molar-refractivity contribution < 1.29 is 4.79 Å². The number of pyridine rings is 1. The number of carbonyl (C=O) groups excluding carboxylic acids is 1. The number of aromatic nitrogens is 3. The van der Waals surface area contributed by atoms with Gasteiger partial charge in [-0.15, -0.1) is 0 Å². The zero-order valence-corrected chi connectivity index (χ0v) is 13.6. The molecule has 0 radical (unpaired) electrons. The van der Waals surface area contributed by atoms with E-state index >= 15 is 0 Å². The van der Waals surface area contributed by atoms with Crippen LogP contribution in [0.2, 0.25) is 0 Å². The topological polar surface area (TPSA) is 59.8 Å². The summed E-state index contributed by atoms with van der Waals surface area (Å²) in [4.78, 5) is 16.7. The number of aryl methyl sites for hydroxylation is 2. The number of anilines is 1. The van der Waals surface area contributed by atoms with Crippen LogP contribution in [0.5, 0.6) is 0 Å². The second kappa shape index (κ2) is 5.60. The molecule has 110 valence electrons. The van der Waals surface area contributed by atoms with Gasteiger partial charge in [-0.1, -0.05) is 0 Å². The molecule has 2 aromatic heterocycles. The van der Waals surface area contributed by atoms with Crippen LogP contribution in [-0.2, 0) is 6.54 Å². The number of halogens is 1. The Morgan fingerprint density at radius 2 is 2.24 bits per heavy atom. The molecule has 0 bridgehead atoms. The van der Waals surface area contributed by atoms with Crippen LogP contribution in [0.4, 0.5) is 5.82 Å². The third kappa shape index (κ3) is 3.00. The van der Waals surface area contributed by atoms with Crippen molar-refractivity contribution in [2.24, 2.45) is 0 Å². The van der Waals surface area contributed by atoms with Crippen LogP contribution in [0.3, 0.4) is 0 Å². The van der Waals surface area contributed by atoms with Crippen molar-refractivity contribution in [2.45, 2.75) is 39.2 Å². The van der Waals surface area contributed by atoms with Crippen molar-refractivity contribution in [3.05, 3.63) is 39.8 Å². The van der Waals surface area contributed by atoms with E-state index in [2.05, 4.69) is 31.3 Å². The minimum atomic E-state index is -0.158. The molecular formula is C15H17BrN4O. The number of nitrogens with one attached hydrogen (secondary N) is 1. The summed E-state index contributed by atoms with van der Waals surface area (Å²) in [7, 11) is 0. The predicted molar refractivity (Wildman–Crippen MR) is 84.5 cm³/mol. The van der Waals surface area contributed by atoms with Crippen molar-refractivity contribution in [3.63, 3.8) is 0 Å². The molecule has 2 heterocycles. The van der Waals surface area contributed by atoms with Gasteiger partial charge in [0.2, 0.25) is 0 Å². The van der Waals surface area contributed by atoms with Gasteiger partial charge < -0.3 is 5.32 Å². The van der Waals surface area contributed by atoms with Gasteiger partial charge in [0.15, 0.2) is 0 Å². The molecule has 0 aromatic carbocycles. The second-order valence-electron chi connectivity index (χ2n) is 5.32. The minimum Gasteiger partial charge on any atom is -0.305 e. The molecule has 0 atom stereocenters. The molecule has 1 N–H and O–H groups in total. The Morgan fingerprint density at radius 1 is 1.48 bits per heavy atom. The van der Waals surface area contributed by atoms with E-state index in [9.17, 15) is 4.79 Å². The summed E-state index contributed by atoms with van der Waals surface area (Å²) in [6.07, 6.45) is 4.03. The quantitative estimate of drug-likeness (QED) is 0.919. The molecule has 6 heteroatoms. The zero-order chi connectivity index (χ0) is 15.0. The summed E-state index contributed by atoms with van der Waals surface area (Å²) in [6.45, 7) is 4.59. The molecule has 5 nitrogen and oxygen atoms in total. The number of nitrogens with zero attached hydrogens (tertiary/aromatic N) is 3. The van der Waals surface area contributed by atoms with Gasteiger partial charge in [-0.3, -0.25) is 9.48 Å². The van der Waals surface area contributed by atoms with Gasteiger partial charge in [0, 0.05) is 23.1 Å². The number of amides is 1. The fraction of sp³-hybridized carbons (Fsp3) is 0.400. The average molecular weight is 349 g/mol. The van der Waals surface area contributed by atoms with Crippen LogP contribution in [0, 0.1) is 6.92 Å². The molecule has 0 saturated heterocycles. The maximum Gasteiger partial charge on any atom is 0.275 e. The molecule has 1 aliphatic carbocycles. The largest absolute Gasteiger partial charge is 0.305 e. The fourth-order valence-electron chi connectivity index (χ4n) is 2.28. The lowest BCUT2D eigenvalue weighted by Gasteiger charge is -2.08. The first kappa shape index (κ1) is 14.3. The first-order valence-corrected chi connectivity index (χ1v) is 7.89. The van der Waals surface area contributed by atoms with Crippen LogP contribution in [0.25, 0.3) is 0 Å². The van der Waals surface area contributed by atoms with E-state index in [0.717, 1.165) is 15.7 Å². The van der Waals surface area contributed by atoms with E-state index in [-0.39, 0.29) is 5.91 Å². The fourth-order valence-corrected chi connectivity index (χ4v) is 2.73. The molecule has 1 fully saturated rings. The first-order valence-electron chi connectivity index (χ1n) is 7.09. The number of hydrogen-bond donors (Lipinski definition) is 1. The first-order chi connectivity index (χ1) is 10.1. The molecule has 1 amide bonds. The summed E-state index contributed by atoms with van der Waals surface area (Å²) in [5.41, 5.74) is 2.55. The Kier molecular flexibility index (Phi) is 3.80. The summed E-state index contributed by atoms with van der Waals surface area (Å²) >= 11 is 3.37. The van der Waals surface area contributed by atoms with Gasteiger partial charge >= 0.3 is 0 Å². The summed E-state index contributed by atoms with van der Waals surface area (Å²) in [5.74, 6) is 0.964. The Labute approximate surface area is 131 Å². The second-order valence-corrected chi connectivity index (χ2v) is 6.23. The standard InChI is InChI=1S/C15H17BrN4O/c1-3-20-13(7-12(19-20)10-4-5-10)15(21)18-14-9(2)6-11(16)8-17-14/h6-8,10H,3-5H2,1-2H3,(H,17,18,21). The van der Waals surface area contributed by atoms with Gasteiger partial charge in [0.1, 0.15) is 11.5 Å². The lowest BCUT2D eigenvalue weighted by Crippen LogP contribution is -2.18. The van der Waals surface area contributed by atoms with E-state index in [1.807, 2.05) is 26.0 Å². The van der Waals surface area contributed by atoms with E-state index < -0.39 is 0 Å². The zero-order valence-electron chi connectivity index (χ0n) is 12.1. The van der Waals surface area contributed by atoms with E-state index in [4.69, 9.17) is 0 Å². The smallest absolute Gasteiger partial charge is 0.275 e. The third-order valence-corrected chi connectivity index (χ3v) is 4.04. The summed E-state index contributed by atoms with van der Waals surface area (Å²) in [6, 6.07) is 3.83. The maximum absolute atomic E-state index is 12.5. The Morgan fingerprint density at radius 3 is 2.86 bits per heavy atom. The van der Waals surface area contributed by atoms with Crippen molar-refractivity contribution in [1.82, 2.24) is 14.8 Å². The highest BCUT2D eigenvalue weighted by molar-refractivity contribution is 9.10. The summed E-state index contributed by atoms with van der Waals surface area (Å²) < 4.78 is 2.66. The van der Waals surface area contributed by atoms with E-state index in [0.29, 0.717) is 24.0 Å². The lowest BCUT2D eigenvalue weighted by molar-refractivity contribution is 0.101. The van der Waals surface area contributed by atoms with Crippen LogP contribution in [0.15, 0.2) is 22.8 Å². The molecule has 2 aromatic rings. The minimum absolute atomic E-state index is 0.158. The number of rotatable bonds is 4. The van der Waals surface area contributed by atoms with Crippen LogP contribution in [-0.4, -0.2) is 20.7 Å². The predicted octanol–water partition coefficient (Wildman–Crippen LogP) is 3.50. The maximum atomic E-state index is 12.5. The Bertz CT molecular complexity index is 691. The van der Waals surface area contributed by atoms with E-state index in [1.165, 1.54) is 12.8 Å². The van der Waals surface area contributed by atoms with Gasteiger partial charge in [-0.2, -0.15) is 5.10 Å². The lowest BCUT2D eigenvalue weighted by atomic mass is 10.2. The van der Waals surface area contributed by atoms with Crippen LogP contribution < -0.4 is 5.32 Å². The highest BCUT2D eigenvalue weighted by Gasteiger charge is 2.28. The molecule has 21 heavy (non-hydrogen) atoms. The van der Waals surface area contributed by atoms with Gasteiger partial charge in [0.05, 0.1) is 5.69 Å². The molecular weight excluding hydrogens is 332 g/mol. The van der Waals surface area contributed by atoms with Crippen LogP contribution in [0.1, 0.15) is 47.4 Å². The van der Waals surface area contributed by atoms with Gasteiger partial charge in [-0.25, -0.2) is 4.98 Å². The Balaban J connectivity index is 1.84. The highest BCUT2D eigenvalue weighted by Crippen LogP contribution is 2.39. The molecule has 0 spiro atoms. The molecule has 0 unspecified atom stereocenters. The molecule has 0 aliphatic heterocycles.